The molecule has 1 aliphatic heterocycles. The number of anilines is 2. The van der Waals surface area contributed by atoms with Gasteiger partial charge in [0, 0.05) is 31.5 Å². The molecule has 1 atom stereocenters. The molecule has 0 spiro atoms. The van der Waals surface area contributed by atoms with E-state index in [1.807, 2.05) is 11.0 Å². The molecule has 5 nitrogen and oxygen atoms in total. The first-order valence-electron chi connectivity index (χ1n) is 8.28. The normalized spacial score (nSPS) is 17.5. The van der Waals surface area contributed by atoms with Crippen LogP contribution in [0.4, 0.5) is 24.7 Å². The zero-order valence-corrected chi connectivity index (χ0v) is 15.7. The molecule has 144 valence electrons. The van der Waals surface area contributed by atoms with Crippen molar-refractivity contribution in [2.45, 2.75) is 25.1 Å². The lowest BCUT2D eigenvalue weighted by atomic mass is 10.1. The zero-order chi connectivity index (χ0) is 19.4. The van der Waals surface area contributed by atoms with Gasteiger partial charge in [0.2, 0.25) is 0 Å². The number of rotatable bonds is 3. The molecule has 0 aliphatic carbocycles. The molecule has 2 N–H and O–H groups in total. The van der Waals surface area contributed by atoms with Crippen molar-refractivity contribution in [3.8, 4) is 0 Å². The minimum atomic E-state index is -4.47. The summed E-state index contributed by atoms with van der Waals surface area (Å²) in [5.41, 5.74) is -0.0834. The third-order valence-corrected chi connectivity index (χ3v) is 4.62. The minimum absolute atomic E-state index is 0.0125. The zero-order valence-electron chi connectivity index (χ0n) is 14.1. The third-order valence-electron chi connectivity index (χ3n) is 4.12. The lowest BCUT2D eigenvalue weighted by Gasteiger charge is -2.35. The van der Waals surface area contributed by atoms with Gasteiger partial charge in [-0.25, -0.2) is 4.98 Å². The highest BCUT2D eigenvalue weighted by Crippen LogP contribution is 2.34. The summed E-state index contributed by atoms with van der Waals surface area (Å²) >= 11 is 11.4. The Kier molecular flexibility index (Phi) is 6.01. The maximum atomic E-state index is 12.8. The summed E-state index contributed by atoms with van der Waals surface area (Å²) in [7, 11) is 0. The molecular formula is C17H17ClF3N5S. The molecule has 1 unspecified atom stereocenters. The quantitative estimate of drug-likeness (QED) is 0.736. The molecule has 1 aliphatic rings. The molecule has 0 radical (unpaired) electrons. The number of hydrogen-bond acceptors (Lipinski definition) is 4. The van der Waals surface area contributed by atoms with Crippen LogP contribution < -0.4 is 15.5 Å². The number of alkyl halides is 3. The van der Waals surface area contributed by atoms with E-state index < -0.39 is 11.7 Å². The molecule has 10 heteroatoms. The van der Waals surface area contributed by atoms with Crippen LogP contribution in [0.15, 0.2) is 36.8 Å². The topological polar surface area (TPSA) is 53.1 Å². The highest BCUT2D eigenvalue weighted by Gasteiger charge is 2.32. The number of nitrogens with one attached hydrogen (secondary N) is 2. The molecule has 1 saturated heterocycles. The molecule has 0 aromatic carbocycles. The van der Waals surface area contributed by atoms with Gasteiger partial charge in [-0.1, -0.05) is 11.6 Å². The fourth-order valence-electron chi connectivity index (χ4n) is 2.90. The molecule has 1 fully saturated rings. The van der Waals surface area contributed by atoms with Gasteiger partial charge >= 0.3 is 6.18 Å². The van der Waals surface area contributed by atoms with E-state index in [1.54, 1.807) is 18.5 Å². The number of halogens is 4. The summed E-state index contributed by atoms with van der Waals surface area (Å²) in [5.74, 6) is 0.349. The second-order valence-electron chi connectivity index (χ2n) is 6.15. The number of hydrogen-bond donors (Lipinski definition) is 2. The van der Waals surface area contributed by atoms with Crippen molar-refractivity contribution in [1.82, 2.24) is 15.3 Å². The lowest BCUT2D eigenvalue weighted by Crippen LogP contribution is -2.49. The van der Waals surface area contributed by atoms with Gasteiger partial charge in [0.15, 0.2) is 5.11 Å². The average molecular weight is 416 g/mol. The average Bonchev–Trinajstić information content (AvgIpc) is 2.62. The maximum absolute atomic E-state index is 12.8. The Hall–Kier alpha value is -2.13. The van der Waals surface area contributed by atoms with Crippen LogP contribution in [0.2, 0.25) is 5.02 Å². The Balaban J connectivity index is 1.63. The van der Waals surface area contributed by atoms with Crippen molar-refractivity contribution in [2.24, 2.45) is 0 Å². The van der Waals surface area contributed by atoms with E-state index in [-0.39, 0.29) is 11.1 Å². The fraction of sp³-hybridized carbons (Fsp3) is 0.353. The summed E-state index contributed by atoms with van der Waals surface area (Å²) in [4.78, 5) is 9.82. The second-order valence-corrected chi connectivity index (χ2v) is 6.97. The largest absolute Gasteiger partial charge is 0.417 e. The maximum Gasteiger partial charge on any atom is 0.417 e. The van der Waals surface area contributed by atoms with E-state index >= 15 is 0 Å². The van der Waals surface area contributed by atoms with Gasteiger partial charge in [-0.3, -0.25) is 4.98 Å². The van der Waals surface area contributed by atoms with Crippen molar-refractivity contribution >= 4 is 40.4 Å². The summed E-state index contributed by atoms with van der Waals surface area (Å²) in [6, 6.07) is 4.58. The van der Waals surface area contributed by atoms with E-state index in [2.05, 4.69) is 20.6 Å². The van der Waals surface area contributed by atoms with E-state index in [0.29, 0.717) is 24.0 Å². The van der Waals surface area contributed by atoms with Gasteiger partial charge in [0.05, 0.1) is 22.5 Å². The monoisotopic (exact) mass is 415 g/mol. The number of piperidine rings is 1. The highest BCUT2D eigenvalue weighted by atomic mass is 35.5. The predicted molar refractivity (Wildman–Crippen MR) is 103 cm³/mol. The van der Waals surface area contributed by atoms with Crippen LogP contribution in [-0.2, 0) is 6.18 Å². The van der Waals surface area contributed by atoms with Crippen LogP contribution in [0.1, 0.15) is 18.4 Å². The van der Waals surface area contributed by atoms with Gasteiger partial charge in [-0.15, -0.1) is 0 Å². The summed E-state index contributed by atoms with van der Waals surface area (Å²) in [5, 5.41) is 6.72. The molecule has 0 amide bonds. The number of aromatic nitrogens is 2. The predicted octanol–water partition coefficient (Wildman–Crippen LogP) is 4.10. The molecule has 0 saturated carbocycles. The van der Waals surface area contributed by atoms with Crippen LogP contribution in [-0.4, -0.2) is 34.2 Å². The van der Waals surface area contributed by atoms with Crippen molar-refractivity contribution in [2.75, 3.05) is 23.3 Å². The fourth-order valence-corrected chi connectivity index (χ4v) is 3.47. The third kappa shape index (κ3) is 5.20. The van der Waals surface area contributed by atoms with Crippen molar-refractivity contribution < 1.29 is 13.2 Å². The van der Waals surface area contributed by atoms with Gasteiger partial charge in [-0.05, 0) is 43.3 Å². The Morgan fingerprint density at radius 1 is 1.33 bits per heavy atom. The number of nitrogens with zero attached hydrogens (tertiary/aromatic N) is 3. The Morgan fingerprint density at radius 3 is 2.81 bits per heavy atom. The van der Waals surface area contributed by atoms with Crippen molar-refractivity contribution in [1.29, 1.82) is 0 Å². The van der Waals surface area contributed by atoms with Crippen LogP contribution >= 0.6 is 23.8 Å². The smallest absolute Gasteiger partial charge is 0.358 e. The van der Waals surface area contributed by atoms with Crippen molar-refractivity contribution in [3.63, 3.8) is 0 Å². The molecular weight excluding hydrogens is 399 g/mol. The molecule has 3 heterocycles. The second kappa shape index (κ2) is 8.26. The molecule has 27 heavy (non-hydrogen) atoms. The van der Waals surface area contributed by atoms with E-state index in [9.17, 15) is 13.2 Å². The van der Waals surface area contributed by atoms with Gasteiger partial charge < -0.3 is 15.5 Å². The molecule has 0 bridgehead atoms. The van der Waals surface area contributed by atoms with Gasteiger partial charge in [0.25, 0.3) is 0 Å². The first-order valence-corrected chi connectivity index (χ1v) is 9.07. The molecule has 2 aromatic rings. The first kappa shape index (κ1) is 19.6. The van der Waals surface area contributed by atoms with Gasteiger partial charge in [-0.2, -0.15) is 13.2 Å². The summed E-state index contributed by atoms with van der Waals surface area (Å²) in [6.45, 7) is 1.20. The highest BCUT2D eigenvalue weighted by molar-refractivity contribution is 7.80. The Morgan fingerprint density at radius 2 is 2.15 bits per heavy atom. The van der Waals surface area contributed by atoms with E-state index in [1.165, 1.54) is 0 Å². The standard InChI is InChI=1S/C17H17ClF3N5S/c18-14-7-11(17(19,20)21)8-23-15(14)26-6-2-4-13(10-26)25-16(27)24-12-3-1-5-22-9-12/h1,3,5,7-9,13H,2,4,6,10H2,(H2,24,25,27). The summed E-state index contributed by atoms with van der Waals surface area (Å²) < 4.78 is 38.3. The van der Waals surface area contributed by atoms with Crippen LogP contribution in [0.5, 0.6) is 0 Å². The number of thiocarbonyl (C=S) groups is 1. The Labute approximate surface area is 164 Å². The van der Waals surface area contributed by atoms with E-state index in [4.69, 9.17) is 23.8 Å². The first-order chi connectivity index (χ1) is 12.8. The van der Waals surface area contributed by atoms with Crippen LogP contribution in [0, 0.1) is 0 Å². The van der Waals surface area contributed by atoms with Crippen molar-refractivity contribution in [3.05, 3.63) is 47.4 Å². The van der Waals surface area contributed by atoms with Gasteiger partial charge in [0.1, 0.15) is 5.82 Å². The van der Waals surface area contributed by atoms with E-state index in [0.717, 1.165) is 30.8 Å². The Bertz CT molecular complexity index is 803. The molecule has 2 aromatic heterocycles. The number of pyridine rings is 2. The SMILES string of the molecule is FC(F)(F)c1cnc(N2CCCC(NC(=S)Nc3cccnc3)C2)c(Cl)c1. The molecule has 3 rings (SSSR count). The lowest BCUT2D eigenvalue weighted by molar-refractivity contribution is -0.137. The summed E-state index contributed by atoms with van der Waals surface area (Å²) in [6.07, 6.45) is 1.39. The van der Waals surface area contributed by atoms with Crippen LogP contribution in [0.3, 0.4) is 0 Å². The minimum Gasteiger partial charge on any atom is -0.358 e. The van der Waals surface area contributed by atoms with Crippen LogP contribution in [0.25, 0.3) is 0 Å².